The lowest BCUT2D eigenvalue weighted by atomic mass is 9.55. The van der Waals surface area contributed by atoms with Crippen molar-refractivity contribution in [1.29, 1.82) is 0 Å². The molecule has 2 N–H and O–H groups in total. The van der Waals surface area contributed by atoms with Gasteiger partial charge in [0.25, 0.3) is 0 Å². The molecule has 0 unspecified atom stereocenters. The van der Waals surface area contributed by atoms with E-state index in [1.807, 2.05) is 48.2 Å². The molecule has 3 aliphatic rings. The van der Waals surface area contributed by atoms with E-state index in [4.69, 9.17) is 33.7 Å². The van der Waals surface area contributed by atoms with E-state index in [-0.39, 0.29) is 57.1 Å². The van der Waals surface area contributed by atoms with Crippen molar-refractivity contribution in [1.82, 2.24) is 4.90 Å². The Balaban J connectivity index is 1.35. The highest BCUT2D eigenvalue weighted by atomic mass is 16.7. The lowest BCUT2D eigenvalue weighted by Crippen LogP contribution is -2.70. The molecule has 4 aromatic carbocycles. The molecular formula is C61H80N2O10. The molecular weight excluding hydrogens is 921 g/mol. The van der Waals surface area contributed by atoms with E-state index in [1.54, 1.807) is 24.3 Å². The van der Waals surface area contributed by atoms with Crippen molar-refractivity contribution >= 4 is 28.9 Å². The third-order valence-electron chi connectivity index (χ3n) is 15.1. The molecule has 2 aliphatic carbocycles. The second-order valence-corrected chi connectivity index (χ2v) is 19.9. The van der Waals surface area contributed by atoms with Crippen LogP contribution in [0.1, 0.15) is 150 Å². The molecule has 73 heavy (non-hydrogen) atoms. The van der Waals surface area contributed by atoms with Gasteiger partial charge in [-0.25, -0.2) is 4.79 Å². The van der Waals surface area contributed by atoms with E-state index < -0.39 is 23.8 Å². The number of amides is 1. The Morgan fingerprint density at radius 2 is 1.56 bits per heavy atom. The van der Waals surface area contributed by atoms with Crippen molar-refractivity contribution < 1.29 is 48.3 Å². The van der Waals surface area contributed by atoms with E-state index in [0.29, 0.717) is 53.7 Å². The zero-order valence-electron chi connectivity index (χ0n) is 43.6. The largest absolute Gasteiger partial charge is 0.496 e. The highest BCUT2D eigenvalue weighted by Gasteiger charge is 2.65. The number of aliphatic hydroxyl groups excluding tert-OH is 2. The number of nitrogens with zero attached hydrogens (tertiary/aromatic N) is 2. The van der Waals surface area contributed by atoms with Crippen LogP contribution in [-0.2, 0) is 20.9 Å². The second-order valence-electron chi connectivity index (χ2n) is 19.9. The number of oxime groups is 1. The van der Waals surface area contributed by atoms with Crippen LogP contribution in [0.5, 0.6) is 23.0 Å². The molecule has 0 bridgehead atoms. The summed E-state index contributed by atoms with van der Waals surface area (Å²) in [5.41, 5.74) is 3.89. The molecule has 1 fully saturated rings. The maximum Gasteiger partial charge on any atom is 0.410 e. The van der Waals surface area contributed by atoms with Gasteiger partial charge in [0.1, 0.15) is 35.6 Å². The van der Waals surface area contributed by atoms with Crippen LogP contribution in [0, 0.1) is 17.8 Å². The molecule has 1 saturated carbocycles. The van der Waals surface area contributed by atoms with Crippen molar-refractivity contribution in [3.8, 4) is 23.0 Å². The highest BCUT2D eigenvalue weighted by Crippen LogP contribution is 2.62. The van der Waals surface area contributed by atoms with Gasteiger partial charge >= 0.3 is 6.09 Å². The molecule has 0 radical (unpaired) electrons. The zero-order valence-corrected chi connectivity index (χ0v) is 43.6. The maximum absolute atomic E-state index is 15.3. The van der Waals surface area contributed by atoms with Crippen LogP contribution in [0.4, 0.5) is 4.79 Å². The van der Waals surface area contributed by atoms with Crippen molar-refractivity contribution in [3.63, 3.8) is 0 Å². The summed E-state index contributed by atoms with van der Waals surface area (Å²) in [5, 5.41) is 27.1. The summed E-state index contributed by atoms with van der Waals surface area (Å²) in [4.78, 5) is 35.2. The topological polar surface area (TPSA) is 146 Å². The monoisotopic (exact) mass is 1000 g/mol. The fraction of sp³-hybridized carbons (Fsp3) is 0.525. The Bertz CT molecular complexity index is 2460. The van der Waals surface area contributed by atoms with Crippen LogP contribution in [-0.4, -0.2) is 85.2 Å². The van der Waals surface area contributed by atoms with Crippen LogP contribution < -0.4 is 14.2 Å². The number of fused-ring (bicyclic) bond motifs is 3. The molecule has 4 aromatic rings. The third kappa shape index (κ3) is 13.5. The van der Waals surface area contributed by atoms with E-state index in [0.717, 1.165) is 78.7 Å². The van der Waals surface area contributed by atoms with Gasteiger partial charge in [-0.1, -0.05) is 137 Å². The fourth-order valence-electron chi connectivity index (χ4n) is 11.6. The zero-order chi connectivity index (χ0) is 51.4. The van der Waals surface area contributed by atoms with Gasteiger partial charge in [-0.3, -0.25) is 9.69 Å². The summed E-state index contributed by atoms with van der Waals surface area (Å²) in [6, 6.07) is 24.6. The van der Waals surface area contributed by atoms with E-state index in [2.05, 4.69) is 43.8 Å². The molecule has 1 amide bonds. The number of methoxy groups -OCH3 is 1. The predicted octanol–water partition coefficient (Wildman–Crippen LogP) is 13.7. The molecule has 394 valence electrons. The molecule has 0 aromatic heterocycles. The predicted molar refractivity (Wildman–Crippen MR) is 288 cm³/mol. The first-order valence-corrected chi connectivity index (χ1v) is 27.3. The maximum atomic E-state index is 15.3. The number of benzene rings is 4. The van der Waals surface area contributed by atoms with Gasteiger partial charge in [-0.15, -0.1) is 6.58 Å². The van der Waals surface area contributed by atoms with Crippen LogP contribution >= 0.6 is 0 Å². The number of aldehydes is 1. The number of carbonyl (C=O) groups is 2. The molecule has 6 atom stereocenters. The first-order chi connectivity index (χ1) is 35.8. The molecule has 7 rings (SSSR count). The van der Waals surface area contributed by atoms with E-state index in [9.17, 15) is 15.0 Å². The Hall–Kier alpha value is -5.69. The Kier molecular flexibility index (Phi) is 21.2. The van der Waals surface area contributed by atoms with Gasteiger partial charge < -0.3 is 38.7 Å². The number of rotatable bonds is 31. The molecule has 0 spiro atoms. The van der Waals surface area contributed by atoms with Gasteiger partial charge in [0.2, 0.25) is 5.79 Å². The lowest BCUT2D eigenvalue weighted by Gasteiger charge is -2.59. The SMILES string of the molecule is C=CCO[C@@]12Oc3ccc(Oc4ccc(OC)c(C=O)c4)cc3[C@H]3[C@H](CCCCO)[C@@H](CCCCO)C=C(C(=NOCC)C[C@@H]1N(Cc1cccc4ccccc14)C(=O)OCCCCCCCCCCCC)[C@H]32. The van der Waals surface area contributed by atoms with Gasteiger partial charge in [-0.05, 0) is 109 Å². The Morgan fingerprint density at radius 1 is 0.849 bits per heavy atom. The summed E-state index contributed by atoms with van der Waals surface area (Å²) in [6.07, 6.45) is 20.7. The Morgan fingerprint density at radius 3 is 2.29 bits per heavy atom. The number of aliphatic hydroxyl groups is 2. The lowest BCUT2D eigenvalue weighted by molar-refractivity contribution is -0.256. The molecule has 12 heteroatoms. The highest BCUT2D eigenvalue weighted by molar-refractivity contribution is 6.03. The van der Waals surface area contributed by atoms with Crippen molar-refractivity contribution in [2.45, 2.75) is 147 Å². The average molecular weight is 1000 g/mol. The Labute approximate surface area is 433 Å². The normalized spacial score (nSPS) is 21.4. The van der Waals surface area contributed by atoms with Gasteiger partial charge in [-0.2, -0.15) is 0 Å². The second kappa shape index (κ2) is 28.1. The van der Waals surface area contributed by atoms with Crippen LogP contribution in [0.25, 0.3) is 10.8 Å². The number of hydrogen-bond donors (Lipinski definition) is 2. The van der Waals surface area contributed by atoms with E-state index in [1.165, 1.54) is 52.1 Å². The minimum Gasteiger partial charge on any atom is -0.496 e. The first kappa shape index (κ1) is 55.1. The van der Waals surface area contributed by atoms with Crippen molar-refractivity contribution in [2.75, 3.05) is 40.1 Å². The van der Waals surface area contributed by atoms with Crippen LogP contribution in [0.3, 0.4) is 0 Å². The molecule has 12 nitrogen and oxygen atoms in total. The molecule has 1 heterocycles. The summed E-state index contributed by atoms with van der Waals surface area (Å²) >= 11 is 0. The van der Waals surface area contributed by atoms with Crippen LogP contribution in [0.15, 0.2) is 108 Å². The minimum absolute atomic E-state index is 0.00755. The van der Waals surface area contributed by atoms with E-state index >= 15 is 4.79 Å². The molecule has 1 aliphatic heterocycles. The summed E-state index contributed by atoms with van der Waals surface area (Å²) in [7, 11) is 1.53. The third-order valence-corrected chi connectivity index (χ3v) is 15.1. The van der Waals surface area contributed by atoms with Crippen LogP contribution in [0.2, 0.25) is 0 Å². The summed E-state index contributed by atoms with van der Waals surface area (Å²) in [5.74, 6) is -0.144. The van der Waals surface area contributed by atoms with Gasteiger partial charge in [0.05, 0.1) is 44.1 Å². The standard InChI is InChI=1S/C61H80N2O10/c1-5-8-9-10-11-12-13-14-15-22-37-69-60(67)63(42-46-27-23-26-44-24-16-17-28-50(44)46)57-41-54(62-71-7-3)52-39-45(25-18-20-34-64)51(29-19-21-35-65)58-53-40-49(72-48-30-32-55(68-4)47(38-48)43-66)31-33-56(53)73-61(57,59(52)58)70-36-6-2/h6,16-17,23-24,26-28,30-33,38-40,43,45,51,57-59,64-65H,2,5,7-15,18-22,25,29,34-37,41-42H2,1,3-4H3/t45-,51+,57-,58+,59+,61+/m0/s1. The van der Waals surface area contributed by atoms with Gasteiger partial charge in [0, 0.05) is 31.1 Å². The summed E-state index contributed by atoms with van der Waals surface area (Å²) < 4.78 is 33.1. The average Bonchev–Trinajstić information content (AvgIpc) is 3.41. The quantitative estimate of drug-likeness (QED) is 0.0216. The number of unbranched alkanes of at least 4 members (excludes halogenated alkanes) is 11. The van der Waals surface area contributed by atoms with Crippen molar-refractivity contribution in [3.05, 3.63) is 120 Å². The fourth-order valence-corrected chi connectivity index (χ4v) is 11.6. The summed E-state index contributed by atoms with van der Waals surface area (Å²) in [6.45, 7) is 9.39. The number of carbonyl (C=O) groups excluding carboxylic acids is 2. The smallest absolute Gasteiger partial charge is 0.410 e. The number of hydrogen-bond acceptors (Lipinski definition) is 11. The minimum atomic E-state index is -1.48. The number of ether oxygens (including phenoxy) is 5. The first-order valence-electron chi connectivity index (χ1n) is 27.3. The van der Waals surface area contributed by atoms with Crippen molar-refractivity contribution in [2.24, 2.45) is 22.9 Å². The van der Waals surface area contributed by atoms with Gasteiger partial charge in [0.15, 0.2) is 6.29 Å². The number of allylic oxidation sites excluding steroid dienone is 1. The molecule has 0 saturated heterocycles.